The number of ether oxygens (including phenoxy) is 5. The van der Waals surface area contributed by atoms with E-state index in [-0.39, 0.29) is 5.97 Å². The summed E-state index contributed by atoms with van der Waals surface area (Å²) in [5.74, 6) is -0.0435. The van der Waals surface area contributed by atoms with Gasteiger partial charge < -0.3 is 23.7 Å². The second kappa shape index (κ2) is 18.5. The lowest BCUT2D eigenvalue weighted by Gasteiger charge is -2.13. The molecule has 0 fully saturated rings. The highest BCUT2D eigenvalue weighted by molar-refractivity contribution is 5.98. The summed E-state index contributed by atoms with van der Waals surface area (Å²) >= 11 is 0. The lowest BCUT2D eigenvalue weighted by molar-refractivity contribution is -0.139. The largest absolute Gasteiger partial charge is 0.494 e. The van der Waals surface area contributed by atoms with Crippen LogP contribution in [0.5, 0.6) is 23.0 Å². The van der Waals surface area contributed by atoms with Crippen molar-refractivity contribution in [3.05, 3.63) is 132 Å². The van der Waals surface area contributed by atoms with Gasteiger partial charge in [-0.3, -0.25) is 0 Å². The van der Waals surface area contributed by atoms with Gasteiger partial charge in [0.2, 0.25) is 0 Å². The van der Waals surface area contributed by atoms with Crippen LogP contribution in [0.3, 0.4) is 0 Å². The van der Waals surface area contributed by atoms with Gasteiger partial charge in [-0.2, -0.15) is 0 Å². The Morgan fingerprint density at radius 3 is 1.69 bits per heavy atom. The minimum Gasteiger partial charge on any atom is -0.494 e. The van der Waals surface area contributed by atoms with E-state index in [9.17, 15) is 19.2 Å². The maximum atomic E-state index is 13.2. The molecule has 0 aliphatic rings. The predicted octanol–water partition coefficient (Wildman–Crippen LogP) is 9.92. The van der Waals surface area contributed by atoms with Crippen LogP contribution in [0.1, 0.15) is 79.2 Å². The first-order valence-corrected chi connectivity index (χ1v) is 18.0. The van der Waals surface area contributed by atoms with Crippen LogP contribution < -0.4 is 18.9 Å². The first-order chi connectivity index (χ1) is 26.0. The summed E-state index contributed by atoms with van der Waals surface area (Å²) in [6, 6.07) is 26.3. The predicted molar refractivity (Wildman–Crippen MR) is 208 cm³/mol. The molecule has 0 heterocycles. The van der Waals surface area contributed by atoms with Gasteiger partial charge in [-0.1, -0.05) is 50.8 Å². The number of esters is 4. The van der Waals surface area contributed by atoms with Crippen LogP contribution in [0, 0.1) is 0 Å². The van der Waals surface area contributed by atoms with Crippen molar-refractivity contribution in [2.75, 3.05) is 13.2 Å². The zero-order valence-corrected chi connectivity index (χ0v) is 30.9. The molecule has 0 saturated heterocycles. The molecule has 0 N–H and O–H groups in total. The molecular weight excluding hydrogens is 684 g/mol. The Balaban J connectivity index is 1.15. The van der Waals surface area contributed by atoms with Crippen molar-refractivity contribution in [1.82, 2.24) is 0 Å². The zero-order chi connectivity index (χ0) is 38.6. The van der Waals surface area contributed by atoms with Crippen molar-refractivity contribution in [2.24, 2.45) is 0 Å². The van der Waals surface area contributed by atoms with Gasteiger partial charge in [0.05, 0.1) is 24.3 Å². The van der Waals surface area contributed by atoms with Gasteiger partial charge in [0.1, 0.15) is 23.0 Å². The van der Waals surface area contributed by atoms with E-state index in [1.807, 2.05) is 31.2 Å². The topological polar surface area (TPSA) is 114 Å². The van der Waals surface area contributed by atoms with Crippen LogP contribution in [0.2, 0.25) is 0 Å². The molecule has 5 aromatic rings. The van der Waals surface area contributed by atoms with Crippen LogP contribution in [0.4, 0.5) is 0 Å². The van der Waals surface area contributed by atoms with Crippen LogP contribution >= 0.6 is 0 Å². The highest BCUT2D eigenvalue weighted by Gasteiger charge is 2.16. The first kappa shape index (κ1) is 39.0. The van der Waals surface area contributed by atoms with Gasteiger partial charge in [0, 0.05) is 11.1 Å². The van der Waals surface area contributed by atoms with Gasteiger partial charge in [-0.15, -0.1) is 0 Å². The summed E-state index contributed by atoms with van der Waals surface area (Å²) < 4.78 is 27.9. The highest BCUT2D eigenvalue weighted by Crippen LogP contribution is 2.29. The van der Waals surface area contributed by atoms with Gasteiger partial charge in [-0.05, 0) is 140 Å². The molecule has 0 radical (unpaired) electrons. The van der Waals surface area contributed by atoms with Gasteiger partial charge >= 0.3 is 23.9 Å². The molecule has 0 amide bonds. The summed E-state index contributed by atoms with van der Waals surface area (Å²) in [6.45, 7) is 13.4. The number of benzene rings is 5. The number of fused-ring (bicyclic) bond motifs is 2. The minimum atomic E-state index is -0.530. The average molecular weight is 729 g/mol. The third-order valence-electron chi connectivity index (χ3n) is 8.51. The Morgan fingerprint density at radius 2 is 1.06 bits per heavy atom. The molecule has 9 nitrogen and oxygen atoms in total. The maximum Gasteiger partial charge on any atom is 0.343 e. The molecule has 0 spiro atoms. The molecule has 0 aliphatic carbocycles. The summed E-state index contributed by atoms with van der Waals surface area (Å²) in [7, 11) is 0. The average Bonchev–Trinajstić information content (AvgIpc) is 3.16. The summed E-state index contributed by atoms with van der Waals surface area (Å²) in [4.78, 5) is 49.7. The van der Waals surface area contributed by atoms with E-state index >= 15 is 0 Å². The standard InChI is InChI=1S/C45H44O9/c1-6-11-35-28-40(20-21-41(35)54-45(49)37-15-13-34-27-39(19-17-32(34)25-37)52-43(47)30(4)5)53-44(48)36-14-12-33-26-38(18-16-31(33)24-36)50-22-9-7-8-10-23-51-42(46)29(2)3/h12-21,24-28H,2,4,6-11,22-23H2,1,3,5H3. The van der Waals surface area contributed by atoms with Crippen molar-refractivity contribution >= 4 is 45.4 Å². The molecule has 0 atom stereocenters. The van der Waals surface area contributed by atoms with Crippen molar-refractivity contribution < 1.29 is 42.9 Å². The number of unbranched alkanes of at least 4 members (excludes halogenated alkanes) is 3. The number of hydrogen-bond donors (Lipinski definition) is 0. The Morgan fingerprint density at radius 1 is 0.537 bits per heavy atom. The Hall–Kier alpha value is -6.22. The quantitative estimate of drug-likeness (QED) is 0.0399. The molecule has 278 valence electrons. The van der Waals surface area contributed by atoms with Crippen LogP contribution in [-0.4, -0.2) is 37.1 Å². The normalized spacial score (nSPS) is 10.8. The highest BCUT2D eigenvalue weighted by atomic mass is 16.5. The lowest BCUT2D eigenvalue weighted by Crippen LogP contribution is -2.11. The molecule has 5 rings (SSSR count). The number of carbonyl (C=O) groups is 4. The smallest absolute Gasteiger partial charge is 0.343 e. The molecule has 54 heavy (non-hydrogen) atoms. The number of rotatable bonds is 17. The molecule has 0 bridgehead atoms. The van der Waals surface area contributed by atoms with Crippen molar-refractivity contribution in [3.63, 3.8) is 0 Å². The van der Waals surface area contributed by atoms with Gasteiger partial charge in [-0.25, -0.2) is 19.2 Å². The third-order valence-corrected chi connectivity index (χ3v) is 8.51. The van der Waals surface area contributed by atoms with Gasteiger partial charge in [0.25, 0.3) is 0 Å². The molecule has 9 heteroatoms. The zero-order valence-electron chi connectivity index (χ0n) is 30.9. The lowest BCUT2D eigenvalue weighted by atomic mass is 10.1. The molecular formula is C45H44O9. The molecule has 0 unspecified atom stereocenters. The third kappa shape index (κ3) is 10.7. The van der Waals surface area contributed by atoms with E-state index in [1.165, 1.54) is 0 Å². The molecule has 0 aliphatic heterocycles. The summed E-state index contributed by atoms with van der Waals surface area (Å²) in [5.41, 5.74) is 2.19. The Labute approximate surface area is 315 Å². The first-order valence-electron chi connectivity index (χ1n) is 18.0. The molecule has 0 aromatic heterocycles. The fourth-order valence-electron chi connectivity index (χ4n) is 5.59. The second-order valence-corrected chi connectivity index (χ2v) is 13.1. The molecule has 0 saturated carbocycles. The number of carbonyl (C=O) groups excluding carboxylic acids is 4. The Bertz CT molecular complexity index is 2210. The Kier molecular flexibility index (Phi) is 13.4. The van der Waals surface area contributed by atoms with E-state index in [4.69, 9.17) is 23.7 Å². The summed E-state index contributed by atoms with van der Waals surface area (Å²) in [5, 5.41) is 3.37. The van der Waals surface area contributed by atoms with E-state index in [2.05, 4.69) is 13.2 Å². The second-order valence-electron chi connectivity index (χ2n) is 13.1. The van der Waals surface area contributed by atoms with Gasteiger partial charge in [0.15, 0.2) is 0 Å². The SMILES string of the molecule is C=C(C)C(=O)OCCCCCCOc1ccc2cc(C(=O)Oc3ccc(OC(=O)c4ccc5cc(OC(=O)C(=C)C)ccc5c4)c(CCC)c3)ccc2c1. The van der Waals surface area contributed by atoms with Crippen molar-refractivity contribution in [3.8, 4) is 23.0 Å². The number of hydrogen-bond acceptors (Lipinski definition) is 9. The van der Waals surface area contributed by atoms with E-state index in [0.717, 1.165) is 65.0 Å². The van der Waals surface area contributed by atoms with E-state index in [0.29, 0.717) is 59.2 Å². The van der Waals surface area contributed by atoms with E-state index < -0.39 is 17.9 Å². The monoisotopic (exact) mass is 728 g/mol. The van der Waals surface area contributed by atoms with Crippen molar-refractivity contribution in [1.29, 1.82) is 0 Å². The number of aryl methyl sites for hydroxylation is 1. The maximum absolute atomic E-state index is 13.2. The van der Waals surface area contributed by atoms with Crippen LogP contribution in [0.25, 0.3) is 21.5 Å². The summed E-state index contributed by atoms with van der Waals surface area (Å²) in [6.07, 6.45) is 4.96. The minimum absolute atomic E-state index is 0.298. The molecule has 5 aromatic carbocycles. The van der Waals surface area contributed by atoms with E-state index in [1.54, 1.807) is 80.6 Å². The van der Waals surface area contributed by atoms with Crippen molar-refractivity contribution in [2.45, 2.75) is 59.3 Å². The fraction of sp³-hybridized carbons (Fsp3) is 0.244. The van der Waals surface area contributed by atoms with Crippen LogP contribution in [0.15, 0.2) is 115 Å². The fourth-order valence-corrected chi connectivity index (χ4v) is 5.59. The van der Waals surface area contributed by atoms with Crippen LogP contribution in [-0.2, 0) is 20.7 Å².